The Kier molecular flexibility index (Phi) is 5.62. The lowest BCUT2D eigenvalue weighted by Gasteiger charge is -2.35. The lowest BCUT2D eigenvalue weighted by Crippen LogP contribution is -2.49. The molecule has 0 aromatic carbocycles. The molecule has 2 rings (SSSR count). The fourth-order valence-electron chi connectivity index (χ4n) is 3.11. The van der Waals surface area contributed by atoms with Crippen molar-refractivity contribution >= 4 is 9.84 Å². The smallest absolute Gasteiger partial charge is 0.151 e. The van der Waals surface area contributed by atoms with Gasteiger partial charge >= 0.3 is 0 Å². The Hall–Kier alpha value is -0.170. The van der Waals surface area contributed by atoms with Gasteiger partial charge in [0.25, 0.3) is 0 Å². The molecule has 2 aliphatic rings. The minimum absolute atomic E-state index is 0.177. The lowest BCUT2D eigenvalue weighted by atomic mass is 10.1. The van der Waals surface area contributed by atoms with Crippen LogP contribution in [-0.4, -0.2) is 70.3 Å². The van der Waals surface area contributed by atoms with E-state index in [0.29, 0.717) is 24.2 Å². The van der Waals surface area contributed by atoms with Crippen LogP contribution in [0.25, 0.3) is 0 Å². The van der Waals surface area contributed by atoms with Gasteiger partial charge in [-0.05, 0) is 32.2 Å². The molecule has 1 N–H and O–H groups in total. The standard InChI is InChI=1S/C13H26N2O3S/c1-18-8-7-15(10-12-4-2-6-14-12)13-5-3-9-19(16,17)11-13/h12-14H,2-11H2,1H3. The van der Waals surface area contributed by atoms with Crippen molar-refractivity contribution in [2.45, 2.75) is 37.8 Å². The van der Waals surface area contributed by atoms with Crippen LogP contribution < -0.4 is 5.32 Å². The topological polar surface area (TPSA) is 58.6 Å². The Morgan fingerprint density at radius 1 is 1.32 bits per heavy atom. The van der Waals surface area contributed by atoms with Crippen LogP contribution in [0.15, 0.2) is 0 Å². The number of sulfone groups is 1. The molecular formula is C13H26N2O3S. The van der Waals surface area contributed by atoms with Gasteiger partial charge in [0.2, 0.25) is 0 Å². The third-order valence-electron chi connectivity index (χ3n) is 4.16. The quantitative estimate of drug-likeness (QED) is 0.760. The lowest BCUT2D eigenvalue weighted by molar-refractivity contribution is 0.114. The first-order valence-electron chi connectivity index (χ1n) is 7.27. The largest absolute Gasteiger partial charge is 0.383 e. The molecular weight excluding hydrogens is 264 g/mol. The summed E-state index contributed by atoms with van der Waals surface area (Å²) in [5.74, 6) is 0.687. The van der Waals surface area contributed by atoms with Crippen molar-refractivity contribution in [3.05, 3.63) is 0 Å². The maximum absolute atomic E-state index is 11.8. The molecule has 2 aliphatic heterocycles. The third-order valence-corrected chi connectivity index (χ3v) is 5.96. The van der Waals surface area contributed by atoms with E-state index in [1.165, 1.54) is 12.8 Å². The summed E-state index contributed by atoms with van der Waals surface area (Å²) in [5.41, 5.74) is 0. The summed E-state index contributed by atoms with van der Waals surface area (Å²) in [7, 11) is -1.14. The van der Waals surface area contributed by atoms with Crippen molar-refractivity contribution in [2.24, 2.45) is 0 Å². The van der Waals surface area contributed by atoms with Crippen LogP contribution >= 0.6 is 0 Å². The predicted octanol–water partition coefficient (Wildman–Crippen LogP) is 0.264. The van der Waals surface area contributed by atoms with Crippen molar-refractivity contribution in [2.75, 3.05) is 44.9 Å². The van der Waals surface area contributed by atoms with Crippen LogP contribution in [0.3, 0.4) is 0 Å². The molecule has 2 fully saturated rings. The molecule has 0 spiro atoms. The maximum atomic E-state index is 11.8. The highest BCUT2D eigenvalue weighted by molar-refractivity contribution is 7.91. The molecule has 0 aromatic rings. The Morgan fingerprint density at radius 2 is 2.16 bits per heavy atom. The fourth-order valence-corrected chi connectivity index (χ4v) is 4.85. The van der Waals surface area contributed by atoms with E-state index in [4.69, 9.17) is 4.74 Å². The number of methoxy groups -OCH3 is 1. The van der Waals surface area contributed by atoms with Gasteiger partial charge in [-0.1, -0.05) is 0 Å². The molecule has 112 valence electrons. The second kappa shape index (κ2) is 7.02. The summed E-state index contributed by atoms with van der Waals surface area (Å²) >= 11 is 0. The molecule has 2 unspecified atom stereocenters. The number of hydrogen-bond donors (Lipinski definition) is 1. The Labute approximate surface area is 116 Å². The molecule has 0 saturated carbocycles. The fraction of sp³-hybridized carbons (Fsp3) is 1.00. The zero-order chi connectivity index (χ0) is 13.7. The van der Waals surface area contributed by atoms with Crippen LogP contribution in [0.4, 0.5) is 0 Å². The molecule has 0 amide bonds. The molecule has 5 nitrogen and oxygen atoms in total. The van der Waals surface area contributed by atoms with Crippen molar-refractivity contribution < 1.29 is 13.2 Å². The van der Waals surface area contributed by atoms with Crippen molar-refractivity contribution in [3.8, 4) is 0 Å². The first kappa shape index (κ1) is 15.2. The predicted molar refractivity (Wildman–Crippen MR) is 76.1 cm³/mol. The van der Waals surface area contributed by atoms with Crippen molar-refractivity contribution in [1.29, 1.82) is 0 Å². The Bertz CT molecular complexity index is 366. The van der Waals surface area contributed by atoms with Gasteiger partial charge < -0.3 is 10.1 Å². The normalized spacial score (nSPS) is 30.8. The molecule has 0 radical (unpaired) electrons. The first-order valence-corrected chi connectivity index (χ1v) is 9.09. The zero-order valence-electron chi connectivity index (χ0n) is 11.8. The SMILES string of the molecule is COCCN(CC1CCCN1)C1CCCS(=O)(=O)C1. The molecule has 2 atom stereocenters. The molecule has 2 saturated heterocycles. The van der Waals surface area contributed by atoms with E-state index in [0.717, 1.165) is 32.5 Å². The summed E-state index contributed by atoms with van der Waals surface area (Å²) in [6.07, 6.45) is 4.22. The van der Waals surface area contributed by atoms with Gasteiger partial charge in [0.15, 0.2) is 9.84 Å². The number of nitrogens with one attached hydrogen (secondary N) is 1. The van der Waals surface area contributed by atoms with Gasteiger partial charge in [-0.25, -0.2) is 8.42 Å². The Morgan fingerprint density at radius 3 is 2.79 bits per heavy atom. The highest BCUT2D eigenvalue weighted by Gasteiger charge is 2.30. The monoisotopic (exact) mass is 290 g/mol. The van der Waals surface area contributed by atoms with Gasteiger partial charge in [-0.15, -0.1) is 0 Å². The van der Waals surface area contributed by atoms with E-state index < -0.39 is 9.84 Å². The van der Waals surface area contributed by atoms with Gasteiger partial charge in [0.05, 0.1) is 18.1 Å². The van der Waals surface area contributed by atoms with Gasteiger partial charge in [0.1, 0.15) is 0 Å². The highest BCUT2D eigenvalue weighted by Crippen LogP contribution is 2.19. The van der Waals surface area contributed by atoms with Crippen molar-refractivity contribution in [3.63, 3.8) is 0 Å². The average molecular weight is 290 g/mol. The number of hydrogen-bond acceptors (Lipinski definition) is 5. The molecule has 19 heavy (non-hydrogen) atoms. The minimum atomic E-state index is -2.84. The number of rotatable bonds is 6. The molecule has 0 aliphatic carbocycles. The second-order valence-corrected chi connectivity index (χ2v) is 7.92. The van der Waals surface area contributed by atoms with Crippen LogP contribution in [0, 0.1) is 0 Å². The first-order chi connectivity index (χ1) is 9.11. The van der Waals surface area contributed by atoms with E-state index in [-0.39, 0.29) is 6.04 Å². The summed E-state index contributed by atoms with van der Waals surface area (Å²) in [6, 6.07) is 0.692. The van der Waals surface area contributed by atoms with E-state index >= 15 is 0 Å². The molecule has 0 aromatic heterocycles. The zero-order valence-corrected chi connectivity index (χ0v) is 12.6. The Balaban J connectivity index is 1.94. The highest BCUT2D eigenvalue weighted by atomic mass is 32.2. The summed E-state index contributed by atoms with van der Waals surface area (Å²) in [5, 5.41) is 3.49. The third kappa shape index (κ3) is 4.70. The van der Waals surface area contributed by atoms with Gasteiger partial charge in [-0.3, -0.25) is 4.90 Å². The van der Waals surface area contributed by atoms with Crippen molar-refractivity contribution in [1.82, 2.24) is 10.2 Å². The molecule has 2 heterocycles. The summed E-state index contributed by atoms with van der Waals surface area (Å²) in [6.45, 7) is 3.54. The molecule has 6 heteroatoms. The molecule has 0 bridgehead atoms. The average Bonchev–Trinajstić information content (AvgIpc) is 2.86. The number of ether oxygens (including phenoxy) is 1. The van der Waals surface area contributed by atoms with Crippen LogP contribution in [0.5, 0.6) is 0 Å². The van der Waals surface area contributed by atoms with Crippen LogP contribution in [0.2, 0.25) is 0 Å². The van der Waals surface area contributed by atoms with Crippen LogP contribution in [0.1, 0.15) is 25.7 Å². The van der Waals surface area contributed by atoms with E-state index in [1.54, 1.807) is 7.11 Å². The second-order valence-electron chi connectivity index (χ2n) is 5.69. The summed E-state index contributed by atoms with van der Waals surface area (Å²) < 4.78 is 28.8. The van der Waals surface area contributed by atoms with Gasteiger partial charge in [-0.2, -0.15) is 0 Å². The minimum Gasteiger partial charge on any atom is -0.383 e. The maximum Gasteiger partial charge on any atom is 0.151 e. The number of nitrogens with zero attached hydrogens (tertiary/aromatic N) is 1. The van der Waals surface area contributed by atoms with E-state index in [9.17, 15) is 8.42 Å². The van der Waals surface area contributed by atoms with Crippen LogP contribution in [-0.2, 0) is 14.6 Å². The van der Waals surface area contributed by atoms with Gasteiger partial charge in [0, 0.05) is 32.3 Å². The van der Waals surface area contributed by atoms with E-state index in [2.05, 4.69) is 10.2 Å². The van der Waals surface area contributed by atoms with E-state index in [1.807, 2.05) is 0 Å². The summed E-state index contributed by atoms with van der Waals surface area (Å²) in [4.78, 5) is 2.32.